The molecule has 0 aliphatic carbocycles. The summed E-state index contributed by atoms with van der Waals surface area (Å²) in [6.45, 7) is 3.57. The first-order valence-corrected chi connectivity index (χ1v) is 9.20. The lowest BCUT2D eigenvalue weighted by molar-refractivity contribution is 0.0695. The number of aromatic carboxylic acids is 1. The molecule has 0 aliphatic rings. The van der Waals surface area contributed by atoms with Gasteiger partial charge in [-0.1, -0.05) is 23.8 Å². The molecule has 2 rings (SSSR count). The molecule has 0 aromatic heterocycles. The highest BCUT2D eigenvalue weighted by molar-refractivity contribution is 7.89. The van der Waals surface area contributed by atoms with Crippen molar-refractivity contribution in [2.45, 2.75) is 31.2 Å². The van der Waals surface area contributed by atoms with Gasteiger partial charge in [-0.05, 0) is 50.1 Å². The normalized spacial score (nSPS) is 12.1. The van der Waals surface area contributed by atoms with E-state index < -0.39 is 22.0 Å². The fourth-order valence-electron chi connectivity index (χ4n) is 2.48. The third-order valence-corrected chi connectivity index (χ3v) is 5.37. The molecule has 0 saturated heterocycles. The Bertz CT molecular complexity index is 862. The molecule has 26 heavy (non-hydrogen) atoms. The molecule has 0 bridgehead atoms. The summed E-state index contributed by atoms with van der Waals surface area (Å²) in [7, 11) is -2.21. The summed E-state index contributed by atoms with van der Waals surface area (Å²) >= 11 is 0. The molecule has 0 aliphatic heterocycles. The molecule has 1 atom stereocenters. The molecule has 2 aromatic carbocycles. The van der Waals surface area contributed by atoms with E-state index in [0.29, 0.717) is 11.3 Å². The van der Waals surface area contributed by atoms with Crippen LogP contribution in [0.15, 0.2) is 47.4 Å². The molecule has 142 valence electrons. The van der Waals surface area contributed by atoms with E-state index in [9.17, 15) is 18.3 Å². The molecule has 7 nitrogen and oxygen atoms in total. The average Bonchev–Trinajstić information content (AvgIpc) is 2.54. The number of sulfonamides is 1. The van der Waals surface area contributed by atoms with Gasteiger partial charge in [0.1, 0.15) is 5.75 Å². The second-order valence-corrected chi connectivity index (χ2v) is 7.58. The van der Waals surface area contributed by atoms with Crippen molar-refractivity contribution in [1.29, 1.82) is 0 Å². The van der Waals surface area contributed by atoms with Crippen molar-refractivity contribution >= 4 is 16.0 Å². The van der Waals surface area contributed by atoms with Crippen molar-refractivity contribution in [2.24, 2.45) is 0 Å². The number of hydrogen-bond acceptors (Lipinski definition) is 4. The summed E-state index contributed by atoms with van der Waals surface area (Å²) in [6.07, 6.45) is 0.247. The highest BCUT2D eigenvalue weighted by Gasteiger charge is 2.20. The van der Waals surface area contributed by atoms with Gasteiger partial charge < -0.3 is 15.3 Å². The van der Waals surface area contributed by atoms with Crippen LogP contribution in [0.4, 0.5) is 0 Å². The molecule has 0 radical (unpaired) electrons. The van der Waals surface area contributed by atoms with Crippen LogP contribution in [-0.2, 0) is 16.4 Å². The van der Waals surface area contributed by atoms with Gasteiger partial charge in [0.2, 0.25) is 10.0 Å². The van der Waals surface area contributed by atoms with Crippen molar-refractivity contribution in [3.63, 3.8) is 0 Å². The first-order chi connectivity index (χ1) is 11.7. The molecule has 0 saturated carbocycles. The third-order valence-electron chi connectivity index (χ3n) is 3.76. The van der Waals surface area contributed by atoms with Gasteiger partial charge in [-0.2, -0.15) is 0 Å². The lowest BCUT2D eigenvalue weighted by Crippen LogP contribution is -2.34. The minimum atomic E-state index is -3.66. The van der Waals surface area contributed by atoms with Crippen LogP contribution in [0.25, 0.3) is 0 Å². The number of carboxylic acid groups (broad SMARTS) is 1. The van der Waals surface area contributed by atoms with Gasteiger partial charge in [0, 0.05) is 6.04 Å². The van der Waals surface area contributed by atoms with Gasteiger partial charge in [0.05, 0.1) is 17.6 Å². The van der Waals surface area contributed by atoms with Crippen LogP contribution in [0.2, 0.25) is 0 Å². The predicted molar refractivity (Wildman–Crippen MR) is 98.2 cm³/mol. The Morgan fingerprint density at radius 1 is 1.19 bits per heavy atom. The number of carbonyl (C=O) groups is 1. The Morgan fingerprint density at radius 3 is 2.35 bits per heavy atom. The number of nitrogens with one attached hydrogen (secondary N) is 1. The summed E-state index contributed by atoms with van der Waals surface area (Å²) in [5.41, 5.74) is 1.60. The van der Waals surface area contributed by atoms with Gasteiger partial charge in [-0.3, -0.25) is 0 Å². The Kier molecular flexibility index (Phi) is 7.31. The zero-order chi connectivity index (χ0) is 18.6. The van der Waals surface area contributed by atoms with Crippen molar-refractivity contribution in [2.75, 3.05) is 7.11 Å². The Balaban J connectivity index is 0.00000338. The van der Waals surface area contributed by atoms with Gasteiger partial charge >= 0.3 is 5.97 Å². The number of benzene rings is 2. The zero-order valence-corrected chi connectivity index (χ0v) is 15.6. The summed E-state index contributed by atoms with van der Waals surface area (Å²) in [6, 6.07) is 10.8. The van der Waals surface area contributed by atoms with Gasteiger partial charge in [-0.25, -0.2) is 17.9 Å². The van der Waals surface area contributed by atoms with Crippen LogP contribution in [0.5, 0.6) is 5.75 Å². The van der Waals surface area contributed by atoms with Crippen molar-refractivity contribution < 1.29 is 28.5 Å². The fraction of sp³-hybridized carbons (Fsp3) is 0.278. The van der Waals surface area contributed by atoms with E-state index in [1.165, 1.54) is 13.2 Å². The molecule has 8 heteroatoms. The van der Waals surface area contributed by atoms with E-state index in [4.69, 9.17) is 4.74 Å². The van der Waals surface area contributed by atoms with Crippen LogP contribution >= 0.6 is 0 Å². The quantitative estimate of drug-likeness (QED) is 0.756. The number of carboxylic acids is 1. The maximum absolute atomic E-state index is 12.4. The van der Waals surface area contributed by atoms with Crippen LogP contribution in [0.3, 0.4) is 0 Å². The monoisotopic (exact) mass is 381 g/mol. The van der Waals surface area contributed by atoms with Crippen LogP contribution in [0.1, 0.15) is 28.4 Å². The maximum atomic E-state index is 12.4. The molecule has 4 N–H and O–H groups in total. The van der Waals surface area contributed by atoms with E-state index in [0.717, 1.165) is 5.56 Å². The van der Waals surface area contributed by atoms with E-state index in [1.807, 2.05) is 6.92 Å². The fourth-order valence-corrected chi connectivity index (χ4v) is 3.73. The minimum absolute atomic E-state index is 0. The molecular formula is C18H23NO6S. The van der Waals surface area contributed by atoms with E-state index in [1.54, 1.807) is 43.3 Å². The number of methoxy groups -OCH3 is 1. The Labute approximate surface area is 153 Å². The second kappa shape index (κ2) is 8.79. The summed E-state index contributed by atoms with van der Waals surface area (Å²) < 4.78 is 32.5. The molecular weight excluding hydrogens is 358 g/mol. The van der Waals surface area contributed by atoms with Crippen LogP contribution in [0, 0.1) is 6.92 Å². The van der Waals surface area contributed by atoms with Crippen molar-refractivity contribution in [1.82, 2.24) is 4.72 Å². The SMILES string of the molecule is COc1ccc(C[C@H](C)NS(=O)(=O)c2ccc(C)cc2)c(C(=O)O)c1.O. The predicted octanol–water partition coefficient (Wildman–Crippen LogP) is 1.79. The number of ether oxygens (including phenoxy) is 1. The number of hydrogen-bond donors (Lipinski definition) is 2. The summed E-state index contributed by atoms with van der Waals surface area (Å²) in [5, 5.41) is 9.34. The number of rotatable bonds is 7. The Morgan fingerprint density at radius 2 is 1.81 bits per heavy atom. The molecule has 0 spiro atoms. The topological polar surface area (TPSA) is 124 Å². The molecule has 0 fully saturated rings. The van der Waals surface area contributed by atoms with E-state index >= 15 is 0 Å². The van der Waals surface area contributed by atoms with E-state index in [2.05, 4.69) is 4.72 Å². The van der Waals surface area contributed by atoms with Crippen LogP contribution in [-0.4, -0.2) is 38.1 Å². The molecule has 0 amide bonds. The summed E-state index contributed by atoms with van der Waals surface area (Å²) in [4.78, 5) is 11.6. The maximum Gasteiger partial charge on any atom is 0.336 e. The van der Waals surface area contributed by atoms with Crippen LogP contribution < -0.4 is 9.46 Å². The smallest absolute Gasteiger partial charge is 0.336 e. The molecule has 0 heterocycles. The van der Waals surface area contributed by atoms with Crippen molar-refractivity contribution in [3.8, 4) is 5.75 Å². The molecule has 2 aromatic rings. The number of aryl methyl sites for hydroxylation is 1. The second-order valence-electron chi connectivity index (χ2n) is 5.87. The highest BCUT2D eigenvalue weighted by Crippen LogP contribution is 2.20. The van der Waals surface area contributed by atoms with Gasteiger partial charge in [0.25, 0.3) is 0 Å². The standard InChI is InChI=1S/C18H21NO5S.H2O/c1-12-4-8-16(9-5-12)25(22,23)19-13(2)10-14-6-7-15(24-3)11-17(14)18(20)21;/h4-9,11,13,19H,10H2,1-3H3,(H,20,21);1H2/t13-;/m0./s1. The minimum Gasteiger partial charge on any atom is -0.497 e. The lowest BCUT2D eigenvalue weighted by atomic mass is 10.0. The van der Waals surface area contributed by atoms with Crippen molar-refractivity contribution in [3.05, 3.63) is 59.2 Å². The Hall–Kier alpha value is -2.42. The first-order valence-electron chi connectivity index (χ1n) is 7.72. The third kappa shape index (κ3) is 5.29. The summed E-state index contributed by atoms with van der Waals surface area (Å²) in [5.74, 6) is -0.642. The highest BCUT2D eigenvalue weighted by atomic mass is 32.2. The largest absolute Gasteiger partial charge is 0.497 e. The first kappa shape index (κ1) is 21.6. The van der Waals surface area contributed by atoms with Gasteiger partial charge in [-0.15, -0.1) is 0 Å². The lowest BCUT2D eigenvalue weighted by Gasteiger charge is -2.16. The van der Waals surface area contributed by atoms with E-state index in [-0.39, 0.29) is 22.4 Å². The average molecular weight is 381 g/mol. The zero-order valence-electron chi connectivity index (χ0n) is 14.8. The van der Waals surface area contributed by atoms with Gasteiger partial charge in [0.15, 0.2) is 0 Å². The molecule has 0 unspecified atom stereocenters.